The van der Waals surface area contributed by atoms with Gasteiger partial charge in [-0.3, -0.25) is 9.88 Å². The molecule has 6 heteroatoms. The Hall–Kier alpha value is -2.91. The molecule has 6 nitrogen and oxygen atoms in total. The van der Waals surface area contributed by atoms with Gasteiger partial charge < -0.3 is 5.32 Å². The number of terminal acetylenes is 1. The Morgan fingerprint density at radius 3 is 2.67 bits per heavy atom. The molecule has 140 valence electrons. The van der Waals surface area contributed by atoms with Crippen LogP contribution in [0.15, 0.2) is 43.0 Å². The van der Waals surface area contributed by atoms with Crippen molar-refractivity contribution in [2.75, 3.05) is 18.4 Å². The van der Waals surface area contributed by atoms with Crippen molar-refractivity contribution in [2.24, 2.45) is 0 Å². The van der Waals surface area contributed by atoms with Crippen molar-refractivity contribution in [1.82, 2.24) is 24.5 Å². The molecule has 1 fully saturated rings. The summed E-state index contributed by atoms with van der Waals surface area (Å²) in [4.78, 5) is 11.5. The van der Waals surface area contributed by atoms with Crippen molar-refractivity contribution >= 4 is 11.3 Å². The highest BCUT2D eigenvalue weighted by Crippen LogP contribution is 2.25. The molecular formula is C21H26N6. The zero-order chi connectivity index (χ0) is 19.1. The summed E-state index contributed by atoms with van der Waals surface area (Å²) in [6, 6.07) is 8.22. The number of fused-ring (bicyclic) bond motifs is 1. The highest BCUT2D eigenvalue weighted by atomic mass is 15.3. The van der Waals surface area contributed by atoms with Crippen LogP contribution in [0.3, 0.4) is 0 Å². The molecule has 3 aromatic rings. The molecular weight excluding hydrogens is 336 g/mol. The van der Waals surface area contributed by atoms with Gasteiger partial charge in [0.2, 0.25) is 0 Å². The number of hydrogen-bond acceptors (Lipinski definition) is 5. The first-order chi connectivity index (χ1) is 13.3. The number of piperidine rings is 1. The Morgan fingerprint density at radius 1 is 1.11 bits per heavy atom. The van der Waals surface area contributed by atoms with E-state index in [2.05, 4.69) is 51.1 Å². The van der Waals surface area contributed by atoms with Crippen LogP contribution in [0.4, 0.5) is 5.82 Å². The average molecular weight is 362 g/mol. The largest absolute Gasteiger partial charge is 0.360 e. The van der Waals surface area contributed by atoms with Crippen LogP contribution in [0.5, 0.6) is 0 Å². The van der Waals surface area contributed by atoms with Gasteiger partial charge in [-0.1, -0.05) is 12.5 Å². The van der Waals surface area contributed by atoms with E-state index in [1.165, 1.54) is 37.9 Å². The second-order valence-electron chi connectivity index (χ2n) is 6.70. The van der Waals surface area contributed by atoms with Crippen molar-refractivity contribution in [1.29, 1.82) is 0 Å². The Labute approximate surface area is 160 Å². The predicted octanol–water partition coefficient (Wildman–Crippen LogP) is 3.53. The van der Waals surface area contributed by atoms with Crippen molar-refractivity contribution in [3.8, 4) is 12.8 Å². The molecule has 1 aliphatic rings. The third-order valence-corrected chi connectivity index (χ3v) is 4.86. The monoisotopic (exact) mass is 362 g/mol. The van der Waals surface area contributed by atoms with E-state index in [0.29, 0.717) is 0 Å². The molecule has 0 radical (unpaired) electrons. The summed E-state index contributed by atoms with van der Waals surface area (Å²) in [6.07, 6.45) is 17.4. The number of nitrogens with one attached hydrogen (secondary N) is 1. The van der Waals surface area contributed by atoms with Crippen molar-refractivity contribution in [2.45, 2.75) is 38.8 Å². The number of rotatable bonds is 5. The molecule has 0 bridgehead atoms. The van der Waals surface area contributed by atoms with Gasteiger partial charge in [-0.2, -0.15) is 5.10 Å². The molecule has 1 N–H and O–H groups in total. The topological polar surface area (TPSA) is 58.4 Å². The van der Waals surface area contributed by atoms with E-state index in [1.807, 2.05) is 35.1 Å². The molecule has 0 amide bonds. The Kier molecular flexibility index (Phi) is 6.39. The second kappa shape index (κ2) is 9.15. The predicted molar refractivity (Wildman–Crippen MR) is 108 cm³/mol. The molecule has 1 unspecified atom stereocenters. The van der Waals surface area contributed by atoms with Crippen LogP contribution in [0.25, 0.3) is 5.52 Å². The third-order valence-electron chi connectivity index (χ3n) is 4.86. The second-order valence-corrected chi connectivity index (χ2v) is 6.70. The standard InChI is InChI=1S/C19H24N6.C2H2/c1-15(17-7-3-4-9-20-17)23-19-18-16(8-12-25(18)22-14-21-19)13-24-10-5-2-6-11-24;1-2/h3-4,7-9,12,14-15H,2,5-6,10-11,13H2,1H3,(H,21,22,23);1-2H. The zero-order valence-corrected chi connectivity index (χ0v) is 15.8. The maximum atomic E-state index is 4.51. The maximum absolute atomic E-state index is 4.51. The number of hydrogen-bond donors (Lipinski definition) is 1. The van der Waals surface area contributed by atoms with Gasteiger partial charge in [-0.25, -0.2) is 9.50 Å². The van der Waals surface area contributed by atoms with E-state index in [1.54, 1.807) is 6.33 Å². The van der Waals surface area contributed by atoms with Crippen LogP contribution < -0.4 is 5.32 Å². The lowest BCUT2D eigenvalue weighted by molar-refractivity contribution is 0.221. The zero-order valence-electron chi connectivity index (χ0n) is 15.8. The summed E-state index contributed by atoms with van der Waals surface area (Å²) in [5.74, 6) is 0.866. The van der Waals surface area contributed by atoms with Gasteiger partial charge in [0.15, 0.2) is 5.82 Å². The number of nitrogens with zero attached hydrogens (tertiary/aromatic N) is 5. The van der Waals surface area contributed by atoms with Crippen LogP contribution in [0.2, 0.25) is 0 Å². The lowest BCUT2D eigenvalue weighted by Crippen LogP contribution is -2.29. The summed E-state index contributed by atoms with van der Waals surface area (Å²) in [6.45, 7) is 5.42. The van der Waals surface area contributed by atoms with Crippen LogP contribution in [-0.4, -0.2) is 37.6 Å². The van der Waals surface area contributed by atoms with Gasteiger partial charge in [-0.15, -0.1) is 12.8 Å². The van der Waals surface area contributed by atoms with Crippen LogP contribution in [-0.2, 0) is 6.54 Å². The summed E-state index contributed by atoms with van der Waals surface area (Å²) in [7, 11) is 0. The molecule has 0 aromatic carbocycles. The fourth-order valence-corrected chi connectivity index (χ4v) is 3.52. The smallest absolute Gasteiger partial charge is 0.154 e. The van der Waals surface area contributed by atoms with E-state index in [0.717, 1.165) is 23.6 Å². The van der Waals surface area contributed by atoms with Gasteiger partial charge in [0.25, 0.3) is 0 Å². The number of aromatic nitrogens is 4. The summed E-state index contributed by atoms with van der Waals surface area (Å²) >= 11 is 0. The Morgan fingerprint density at radius 2 is 1.93 bits per heavy atom. The first-order valence-electron chi connectivity index (χ1n) is 9.35. The number of anilines is 1. The first-order valence-corrected chi connectivity index (χ1v) is 9.35. The maximum Gasteiger partial charge on any atom is 0.154 e. The number of pyridine rings is 1. The van der Waals surface area contributed by atoms with Crippen LogP contribution in [0.1, 0.15) is 43.5 Å². The molecule has 0 spiro atoms. The molecule has 27 heavy (non-hydrogen) atoms. The molecule has 1 aliphatic heterocycles. The van der Waals surface area contributed by atoms with Gasteiger partial charge in [0, 0.05) is 18.9 Å². The minimum atomic E-state index is 0.0811. The molecule has 1 saturated heterocycles. The molecule has 4 heterocycles. The molecule has 0 aliphatic carbocycles. The summed E-state index contributed by atoms with van der Waals surface area (Å²) < 4.78 is 1.92. The van der Waals surface area contributed by atoms with E-state index in [4.69, 9.17) is 0 Å². The highest BCUT2D eigenvalue weighted by Gasteiger charge is 2.17. The van der Waals surface area contributed by atoms with Gasteiger partial charge in [0.1, 0.15) is 11.8 Å². The summed E-state index contributed by atoms with van der Waals surface area (Å²) in [5.41, 5.74) is 3.34. The van der Waals surface area contributed by atoms with Gasteiger partial charge in [0.05, 0.1) is 11.7 Å². The minimum absolute atomic E-state index is 0.0811. The summed E-state index contributed by atoms with van der Waals surface area (Å²) in [5, 5.41) is 7.88. The highest BCUT2D eigenvalue weighted by molar-refractivity contribution is 5.72. The molecule has 0 saturated carbocycles. The van der Waals surface area contributed by atoms with Crippen molar-refractivity contribution in [3.63, 3.8) is 0 Å². The SMILES string of the molecule is C#C.CC(Nc1ncnn2ccc(CN3CCCCC3)c12)c1ccccn1. The van der Waals surface area contributed by atoms with Crippen LogP contribution in [0, 0.1) is 12.8 Å². The fraction of sp³-hybridized carbons (Fsp3) is 0.381. The quantitative estimate of drug-likeness (QED) is 0.704. The first kappa shape index (κ1) is 18.9. The molecule has 1 atom stereocenters. The van der Waals surface area contributed by atoms with Gasteiger partial charge in [-0.05, 0) is 56.6 Å². The van der Waals surface area contributed by atoms with Crippen molar-refractivity contribution in [3.05, 3.63) is 54.2 Å². The lowest BCUT2D eigenvalue weighted by Gasteiger charge is -2.26. The average Bonchev–Trinajstić information content (AvgIpc) is 3.15. The van der Waals surface area contributed by atoms with E-state index in [9.17, 15) is 0 Å². The lowest BCUT2D eigenvalue weighted by atomic mass is 10.1. The van der Waals surface area contributed by atoms with E-state index < -0.39 is 0 Å². The van der Waals surface area contributed by atoms with E-state index >= 15 is 0 Å². The van der Waals surface area contributed by atoms with E-state index in [-0.39, 0.29) is 6.04 Å². The third kappa shape index (κ3) is 4.44. The minimum Gasteiger partial charge on any atom is -0.360 e. The number of likely N-dealkylation sites (tertiary alicyclic amines) is 1. The van der Waals surface area contributed by atoms with Gasteiger partial charge >= 0.3 is 0 Å². The Bertz CT molecular complexity index is 864. The van der Waals surface area contributed by atoms with Crippen LogP contribution >= 0.6 is 0 Å². The normalized spacial score (nSPS) is 15.7. The molecule has 4 rings (SSSR count). The molecule has 3 aromatic heterocycles. The fourth-order valence-electron chi connectivity index (χ4n) is 3.52. The Balaban J connectivity index is 0.00000102. The van der Waals surface area contributed by atoms with Crippen molar-refractivity contribution < 1.29 is 0 Å².